The first-order chi connectivity index (χ1) is 9.73. The highest BCUT2D eigenvalue weighted by atomic mass is 16.2. The van der Waals surface area contributed by atoms with Gasteiger partial charge in [0.2, 0.25) is 0 Å². The molecule has 0 radical (unpaired) electrons. The van der Waals surface area contributed by atoms with E-state index >= 15 is 0 Å². The molecule has 0 aromatic carbocycles. The topological polar surface area (TPSA) is 49.4 Å². The molecule has 0 aromatic heterocycles. The highest BCUT2D eigenvalue weighted by molar-refractivity contribution is 6.35. The van der Waals surface area contributed by atoms with Gasteiger partial charge in [0.15, 0.2) is 0 Å². The zero-order valence-corrected chi connectivity index (χ0v) is 16.0. The fraction of sp³-hybridized carbons (Fsp3) is 0.889. The second kappa shape index (κ2) is 7.98. The van der Waals surface area contributed by atoms with Crippen LogP contribution in [0.4, 0.5) is 0 Å². The lowest BCUT2D eigenvalue weighted by molar-refractivity contribution is -0.147. The summed E-state index contributed by atoms with van der Waals surface area (Å²) in [6.45, 7) is 19.8. The van der Waals surface area contributed by atoms with Gasteiger partial charge in [-0.15, -0.1) is 0 Å². The predicted molar refractivity (Wildman–Crippen MR) is 92.5 cm³/mol. The first-order valence-corrected chi connectivity index (χ1v) is 8.35. The molecule has 4 nitrogen and oxygen atoms in total. The first-order valence-electron chi connectivity index (χ1n) is 8.35. The van der Waals surface area contributed by atoms with Gasteiger partial charge in [-0.1, -0.05) is 48.5 Å². The summed E-state index contributed by atoms with van der Waals surface area (Å²) in [7, 11) is 0. The van der Waals surface area contributed by atoms with Crippen molar-refractivity contribution in [3.05, 3.63) is 0 Å². The minimum Gasteiger partial charge on any atom is -0.343 e. The van der Waals surface area contributed by atoms with Crippen molar-refractivity contribution in [1.29, 1.82) is 0 Å². The summed E-state index contributed by atoms with van der Waals surface area (Å²) in [6.07, 6.45) is 0.813. The standard InChI is InChI=1S/C18H36N2O2/c1-13(2)10-20(11-14(3)4)16(22)15(21)19-18(8,9)12-17(5,6)7/h13-14H,10-12H2,1-9H3,(H,19,21). The van der Waals surface area contributed by atoms with Crippen molar-refractivity contribution in [2.45, 2.75) is 74.3 Å². The second-order valence-electron chi connectivity index (χ2n) is 9.07. The fourth-order valence-electron chi connectivity index (χ4n) is 3.00. The lowest BCUT2D eigenvalue weighted by Crippen LogP contribution is -2.53. The quantitative estimate of drug-likeness (QED) is 0.764. The summed E-state index contributed by atoms with van der Waals surface area (Å²) >= 11 is 0. The van der Waals surface area contributed by atoms with E-state index in [0.29, 0.717) is 24.9 Å². The molecular formula is C18H36N2O2. The van der Waals surface area contributed by atoms with Gasteiger partial charge >= 0.3 is 11.8 Å². The van der Waals surface area contributed by atoms with Crippen LogP contribution in [0.2, 0.25) is 0 Å². The minimum atomic E-state index is -0.490. The van der Waals surface area contributed by atoms with Crippen LogP contribution in [0.1, 0.15) is 68.7 Å². The Morgan fingerprint density at radius 1 is 0.909 bits per heavy atom. The maximum Gasteiger partial charge on any atom is 0.311 e. The summed E-state index contributed by atoms with van der Waals surface area (Å²) in [6, 6.07) is 0. The molecule has 0 heterocycles. The van der Waals surface area contributed by atoms with Crippen LogP contribution in [-0.4, -0.2) is 35.3 Å². The molecule has 1 N–H and O–H groups in total. The Balaban J connectivity index is 4.89. The van der Waals surface area contributed by atoms with Gasteiger partial charge in [0.05, 0.1) is 0 Å². The molecule has 0 fully saturated rings. The summed E-state index contributed by atoms with van der Waals surface area (Å²) in [5, 5.41) is 2.91. The van der Waals surface area contributed by atoms with Gasteiger partial charge in [0.25, 0.3) is 0 Å². The summed E-state index contributed by atoms with van der Waals surface area (Å²) < 4.78 is 0. The Hall–Kier alpha value is -1.06. The Morgan fingerprint density at radius 2 is 1.32 bits per heavy atom. The molecular weight excluding hydrogens is 276 g/mol. The Kier molecular flexibility index (Phi) is 7.60. The van der Waals surface area contributed by atoms with E-state index in [9.17, 15) is 9.59 Å². The number of hydrogen-bond acceptors (Lipinski definition) is 2. The van der Waals surface area contributed by atoms with Crippen LogP contribution in [-0.2, 0) is 9.59 Å². The van der Waals surface area contributed by atoms with E-state index in [1.54, 1.807) is 4.90 Å². The van der Waals surface area contributed by atoms with E-state index in [4.69, 9.17) is 0 Å². The van der Waals surface area contributed by atoms with Gasteiger partial charge in [-0.05, 0) is 37.5 Å². The number of amides is 2. The van der Waals surface area contributed by atoms with Crippen molar-refractivity contribution >= 4 is 11.8 Å². The van der Waals surface area contributed by atoms with Crippen LogP contribution in [0.5, 0.6) is 0 Å². The molecule has 130 valence electrons. The van der Waals surface area contributed by atoms with Crippen molar-refractivity contribution in [2.24, 2.45) is 17.3 Å². The lowest BCUT2D eigenvalue weighted by Gasteiger charge is -2.34. The van der Waals surface area contributed by atoms with E-state index in [2.05, 4.69) is 53.8 Å². The molecule has 0 aliphatic heterocycles. The van der Waals surface area contributed by atoms with Crippen molar-refractivity contribution in [1.82, 2.24) is 10.2 Å². The van der Waals surface area contributed by atoms with Gasteiger partial charge in [0, 0.05) is 18.6 Å². The maximum atomic E-state index is 12.5. The lowest BCUT2D eigenvalue weighted by atomic mass is 9.82. The van der Waals surface area contributed by atoms with Gasteiger partial charge in [-0.3, -0.25) is 9.59 Å². The van der Waals surface area contributed by atoms with E-state index < -0.39 is 17.4 Å². The van der Waals surface area contributed by atoms with Crippen molar-refractivity contribution < 1.29 is 9.59 Å². The first kappa shape index (κ1) is 20.9. The molecule has 0 rings (SSSR count). The molecule has 4 heteroatoms. The molecule has 22 heavy (non-hydrogen) atoms. The Bertz CT molecular complexity index is 369. The smallest absolute Gasteiger partial charge is 0.311 e. The Labute approximate surface area is 137 Å². The zero-order chi connectivity index (χ0) is 17.7. The highest BCUT2D eigenvalue weighted by Crippen LogP contribution is 2.26. The van der Waals surface area contributed by atoms with Crippen LogP contribution >= 0.6 is 0 Å². The predicted octanol–water partition coefficient (Wildman–Crippen LogP) is 3.46. The monoisotopic (exact) mass is 312 g/mol. The van der Waals surface area contributed by atoms with Crippen molar-refractivity contribution in [3.8, 4) is 0 Å². The molecule has 0 saturated heterocycles. The van der Waals surface area contributed by atoms with Crippen molar-refractivity contribution in [3.63, 3.8) is 0 Å². The highest BCUT2D eigenvalue weighted by Gasteiger charge is 2.31. The molecule has 2 amide bonds. The summed E-state index contributed by atoms with van der Waals surface area (Å²) in [4.78, 5) is 26.5. The number of nitrogens with zero attached hydrogens (tertiary/aromatic N) is 1. The normalized spacial score (nSPS) is 12.7. The van der Waals surface area contributed by atoms with E-state index in [1.807, 2.05) is 13.8 Å². The van der Waals surface area contributed by atoms with E-state index in [0.717, 1.165) is 6.42 Å². The molecule has 0 atom stereocenters. The number of carbonyl (C=O) groups excluding carboxylic acids is 2. The van der Waals surface area contributed by atoms with Crippen molar-refractivity contribution in [2.75, 3.05) is 13.1 Å². The molecule has 0 saturated carbocycles. The van der Waals surface area contributed by atoms with Crippen LogP contribution < -0.4 is 5.32 Å². The van der Waals surface area contributed by atoms with Gasteiger partial charge in [0.1, 0.15) is 0 Å². The van der Waals surface area contributed by atoms with Gasteiger partial charge in [-0.2, -0.15) is 0 Å². The molecule has 0 unspecified atom stereocenters. The van der Waals surface area contributed by atoms with Crippen LogP contribution in [0.3, 0.4) is 0 Å². The molecule has 0 aromatic rings. The second-order valence-corrected chi connectivity index (χ2v) is 9.07. The minimum absolute atomic E-state index is 0.0926. The Morgan fingerprint density at radius 3 is 1.64 bits per heavy atom. The number of rotatable bonds is 6. The van der Waals surface area contributed by atoms with E-state index in [1.165, 1.54) is 0 Å². The third-order valence-corrected chi connectivity index (χ3v) is 3.08. The van der Waals surface area contributed by atoms with Crippen LogP contribution in [0.25, 0.3) is 0 Å². The van der Waals surface area contributed by atoms with Gasteiger partial charge < -0.3 is 10.2 Å². The van der Waals surface area contributed by atoms with E-state index in [-0.39, 0.29) is 5.41 Å². The number of carbonyl (C=O) groups is 2. The average Bonchev–Trinajstić information content (AvgIpc) is 2.21. The third kappa shape index (κ3) is 9.06. The molecule has 0 aliphatic rings. The maximum absolute atomic E-state index is 12.5. The zero-order valence-electron chi connectivity index (χ0n) is 16.0. The number of nitrogens with one attached hydrogen (secondary N) is 1. The third-order valence-electron chi connectivity index (χ3n) is 3.08. The van der Waals surface area contributed by atoms with Crippen LogP contribution in [0.15, 0.2) is 0 Å². The largest absolute Gasteiger partial charge is 0.343 e. The number of hydrogen-bond donors (Lipinski definition) is 1. The molecule has 0 spiro atoms. The summed E-state index contributed by atoms with van der Waals surface area (Å²) in [5.74, 6) is -0.212. The van der Waals surface area contributed by atoms with Gasteiger partial charge in [-0.25, -0.2) is 0 Å². The average molecular weight is 312 g/mol. The molecule has 0 aliphatic carbocycles. The molecule has 0 bridgehead atoms. The fourth-order valence-corrected chi connectivity index (χ4v) is 3.00. The SMILES string of the molecule is CC(C)CN(CC(C)C)C(=O)C(=O)NC(C)(C)CC(C)(C)C. The van der Waals surface area contributed by atoms with Crippen LogP contribution in [0, 0.1) is 17.3 Å². The summed E-state index contributed by atoms with van der Waals surface area (Å²) in [5.41, 5.74) is -0.304.